The summed E-state index contributed by atoms with van der Waals surface area (Å²) in [5.74, 6) is 0.269. The van der Waals surface area contributed by atoms with Crippen LogP contribution in [-0.4, -0.2) is 33.0 Å². The summed E-state index contributed by atoms with van der Waals surface area (Å²) in [5, 5.41) is 11.2. The van der Waals surface area contributed by atoms with Gasteiger partial charge in [-0.2, -0.15) is 13.2 Å². The van der Waals surface area contributed by atoms with Crippen molar-refractivity contribution in [1.29, 1.82) is 0 Å². The number of amides is 1. The first-order valence-corrected chi connectivity index (χ1v) is 10.5. The Kier molecular flexibility index (Phi) is 7.39. The SMILES string of the molecule is CC(NC(=O)c1ccccc1C(F)(F)F)c1nnc(SCCOc2ccc(F)cc2)n1C. The highest BCUT2D eigenvalue weighted by Gasteiger charge is 2.35. The number of rotatable bonds is 8. The zero-order valence-corrected chi connectivity index (χ0v) is 18.0. The fraction of sp³-hybridized carbons (Fsp3) is 0.286. The van der Waals surface area contributed by atoms with Crippen molar-refractivity contribution in [2.24, 2.45) is 7.05 Å². The van der Waals surface area contributed by atoms with E-state index in [0.717, 1.165) is 12.1 Å². The molecule has 0 aliphatic heterocycles. The molecule has 0 saturated heterocycles. The van der Waals surface area contributed by atoms with Crippen LogP contribution >= 0.6 is 11.8 Å². The van der Waals surface area contributed by atoms with Gasteiger partial charge >= 0.3 is 6.18 Å². The molecule has 0 aliphatic carbocycles. The number of alkyl halides is 3. The topological polar surface area (TPSA) is 69.0 Å². The zero-order valence-electron chi connectivity index (χ0n) is 17.2. The molecule has 11 heteroatoms. The molecule has 0 fully saturated rings. The molecule has 2 aromatic carbocycles. The highest BCUT2D eigenvalue weighted by Crippen LogP contribution is 2.32. The van der Waals surface area contributed by atoms with Crippen LogP contribution in [-0.2, 0) is 13.2 Å². The van der Waals surface area contributed by atoms with Gasteiger partial charge < -0.3 is 14.6 Å². The number of carbonyl (C=O) groups is 1. The number of thioether (sulfide) groups is 1. The Morgan fingerprint density at radius 1 is 1.16 bits per heavy atom. The number of halogens is 4. The van der Waals surface area contributed by atoms with Gasteiger partial charge in [-0.25, -0.2) is 4.39 Å². The van der Waals surface area contributed by atoms with Crippen LogP contribution in [0.1, 0.15) is 34.7 Å². The van der Waals surface area contributed by atoms with Crippen LogP contribution in [0.5, 0.6) is 5.75 Å². The second kappa shape index (κ2) is 10.0. The van der Waals surface area contributed by atoms with E-state index in [1.54, 1.807) is 18.5 Å². The third-order valence-electron chi connectivity index (χ3n) is 4.48. The molecule has 0 aliphatic rings. The lowest BCUT2D eigenvalue weighted by Gasteiger charge is -2.16. The minimum atomic E-state index is -4.64. The fourth-order valence-electron chi connectivity index (χ4n) is 2.92. The minimum Gasteiger partial charge on any atom is -0.493 e. The molecule has 3 rings (SSSR count). The normalized spacial score (nSPS) is 12.4. The Hall–Kier alpha value is -3.08. The summed E-state index contributed by atoms with van der Waals surface area (Å²) >= 11 is 1.36. The number of hydrogen-bond acceptors (Lipinski definition) is 5. The van der Waals surface area contributed by atoms with Crippen molar-refractivity contribution in [3.8, 4) is 5.75 Å². The fourth-order valence-corrected chi connectivity index (χ4v) is 3.65. The highest BCUT2D eigenvalue weighted by atomic mass is 32.2. The maximum atomic E-state index is 13.2. The third kappa shape index (κ3) is 5.78. The molecule has 1 atom stereocenters. The average Bonchev–Trinajstić information content (AvgIpc) is 3.12. The summed E-state index contributed by atoms with van der Waals surface area (Å²) in [4.78, 5) is 12.5. The van der Waals surface area contributed by atoms with Gasteiger partial charge in [0.2, 0.25) is 0 Å². The van der Waals surface area contributed by atoms with Crippen LogP contribution in [0, 0.1) is 5.82 Å². The molecule has 32 heavy (non-hydrogen) atoms. The molecule has 170 valence electrons. The number of ether oxygens (including phenoxy) is 1. The van der Waals surface area contributed by atoms with Crippen molar-refractivity contribution < 1.29 is 27.1 Å². The lowest BCUT2D eigenvalue weighted by atomic mass is 10.1. The quantitative estimate of drug-likeness (QED) is 0.297. The molecule has 1 heterocycles. The Bertz CT molecular complexity index is 1070. The van der Waals surface area contributed by atoms with E-state index in [1.807, 2.05) is 0 Å². The first kappa shape index (κ1) is 23.6. The van der Waals surface area contributed by atoms with Gasteiger partial charge in [-0.15, -0.1) is 10.2 Å². The summed E-state index contributed by atoms with van der Waals surface area (Å²) in [6, 6.07) is 9.60. The van der Waals surface area contributed by atoms with E-state index in [2.05, 4.69) is 15.5 Å². The number of hydrogen-bond donors (Lipinski definition) is 1. The minimum absolute atomic E-state index is 0.346. The largest absolute Gasteiger partial charge is 0.493 e. The molecular weight excluding hydrogens is 448 g/mol. The van der Waals surface area contributed by atoms with Gasteiger partial charge in [-0.1, -0.05) is 23.9 Å². The van der Waals surface area contributed by atoms with Crippen LogP contribution in [0.15, 0.2) is 53.7 Å². The van der Waals surface area contributed by atoms with Gasteiger partial charge in [0, 0.05) is 12.8 Å². The summed E-state index contributed by atoms with van der Waals surface area (Å²) < 4.78 is 59.6. The van der Waals surface area contributed by atoms with Gasteiger partial charge in [-0.3, -0.25) is 4.79 Å². The number of nitrogens with one attached hydrogen (secondary N) is 1. The predicted octanol–water partition coefficient (Wildman–Crippen LogP) is 4.64. The van der Waals surface area contributed by atoms with Crippen molar-refractivity contribution in [2.75, 3.05) is 12.4 Å². The Balaban J connectivity index is 1.58. The highest BCUT2D eigenvalue weighted by molar-refractivity contribution is 7.99. The summed E-state index contributed by atoms with van der Waals surface area (Å²) in [6.07, 6.45) is -4.64. The van der Waals surface area contributed by atoms with Crippen LogP contribution in [0.2, 0.25) is 0 Å². The standard InChI is InChI=1S/C21H20F4N4O2S/c1-13(26-19(30)16-5-3-4-6-17(16)21(23,24)25)18-27-28-20(29(18)2)32-12-11-31-15-9-7-14(22)8-10-15/h3-10,13H,11-12H2,1-2H3,(H,26,30). The Morgan fingerprint density at radius 3 is 2.53 bits per heavy atom. The second-order valence-corrected chi connectivity index (χ2v) is 7.85. The van der Waals surface area contributed by atoms with Gasteiger partial charge in [0.15, 0.2) is 11.0 Å². The molecular formula is C21H20F4N4O2S. The smallest absolute Gasteiger partial charge is 0.417 e. The lowest BCUT2D eigenvalue weighted by molar-refractivity contribution is -0.137. The second-order valence-electron chi connectivity index (χ2n) is 6.79. The number of aromatic nitrogens is 3. The summed E-state index contributed by atoms with van der Waals surface area (Å²) in [7, 11) is 1.70. The van der Waals surface area contributed by atoms with Crippen molar-refractivity contribution in [3.63, 3.8) is 0 Å². The Morgan fingerprint density at radius 2 is 1.84 bits per heavy atom. The van der Waals surface area contributed by atoms with E-state index in [4.69, 9.17) is 4.74 Å². The molecule has 0 spiro atoms. The van der Waals surface area contributed by atoms with Gasteiger partial charge in [-0.05, 0) is 43.3 Å². The van der Waals surface area contributed by atoms with Crippen molar-refractivity contribution in [3.05, 3.63) is 71.3 Å². The van der Waals surface area contributed by atoms with Crippen molar-refractivity contribution >= 4 is 17.7 Å². The number of carbonyl (C=O) groups excluding carboxylic acids is 1. The number of benzene rings is 2. The molecule has 6 nitrogen and oxygen atoms in total. The summed E-state index contributed by atoms with van der Waals surface area (Å²) in [6.45, 7) is 1.96. The van der Waals surface area contributed by atoms with Crippen LogP contribution in [0.4, 0.5) is 17.6 Å². The third-order valence-corrected chi connectivity index (χ3v) is 5.46. The van der Waals surface area contributed by atoms with Crippen molar-refractivity contribution in [2.45, 2.75) is 24.3 Å². The maximum absolute atomic E-state index is 13.2. The van der Waals surface area contributed by atoms with Crippen LogP contribution < -0.4 is 10.1 Å². The summed E-state index contributed by atoms with van der Waals surface area (Å²) in [5.41, 5.74) is -1.46. The van der Waals surface area contributed by atoms with Crippen molar-refractivity contribution in [1.82, 2.24) is 20.1 Å². The average molecular weight is 468 g/mol. The first-order valence-electron chi connectivity index (χ1n) is 9.54. The van der Waals surface area contributed by atoms with E-state index < -0.39 is 29.3 Å². The molecule has 3 aromatic rings. The van der Waals surface area contributed by atoms with E-state index in [-0.39, 0.29) is 5.82 Å². The van der Waals surface area contributed by atoms with E-state index in [0.29, 0.717) is 29.1 Å². The first-order chi connectivity index (χ1) is 15.2. The molecule has 1 unspecified atom stereocenters. The molecule has 1 amide bonds. The molecule has 1 aromatic heterocycles. The van der Waals surface area contributed by atoms with E-state index in [9.17, 15) is 22.4 Å². The zero-order chi connectivity index (χ0) is 23.3. The lowest BCUT2D eigenvalue weighted by Crippen LogP contribution is -2.30. The molecule has 0 bridgehead atoms. The number of nitrogens with zero attached hydrogens (tertiary/aromatic N) is 3. The van der Waals surface area contributed by atoms with Gasteiger partial charge in [0.25, 0.3) is 5.91 Å². The van der Waals surface area contributed by atoms with E-state index >= 15 is 0 Å². The predicted molar refractivity (Wildman–Crippen MR) is 111 cm³/mol. The van der Waals surface area contributed by atoms with E-state index in [1.165, 1.54) is 48.2 Å². The molecule has 1 N–H and O–H groups in total. The molecule has 0 radical (unpaired) electrons. The van der Waals surface area contributed by atoms with Crippen LogP contribution in [0.3, 0.4) is 0 Å². The van der Waals surface area contributed by atoms with Crippen LogP contribution in [0.25, 0.3) is 0 Å². The van der Waals surface area contributed by atoms with Gasteiger partial charge in [0.1, 0.15) is 11.6 Å². The molecule has 0 saturated carbocycles. The maximum Gasteiger partial charge on any atom is 0.417 e. The van der Waals surface area contributed by atoms with Gasteiger partial charge in [0.05, 0.1) is 23.8 Å². The Labute approximate surface area is 186 Å². The monoisotopic (exact) mass is 468 g/mol.